The Balaban J connectivity index is 2.21. The molecule has 1 N–H and O–H groups in total. The Morgan fingerprint density at radius 1 is 1.38 bits per heavy atom. The summed E-state index contributed by atoms with van der Waals surface area (Å²) in [5.41, 5.74) is 2.71. The lowest BCUT2D eigenvalue weighted by Gasteiger charge is -2.32. The van der Waals surface area contributed by atoms with Gasteiger partial charge in [-0.2, -0.15) is 0 Å². The van der Waals surface area contributed by atoms with Crippen molar-refractivity contribution < 1.29 is 0 Å². The van der Waals surface area contributed by atoms with Crippen LogP contribution in [0.5, 0.6) is 0 Å². The summed E-state index contributed by atoms with van der Waals surface area (Å²) in [6.45, 7) is 10.1. The lowest BCUT2D eigenvalue weighted by atomic mass is 10.0. The van der Waals surface area contributed by atoms with Crippen LogP contribution in [0.1, 0.15) is 19.4 Å². The molecule has 2 heteroatoms. The summed E-state index contributed by atoms with van der Waals surface area (Å²) >= 11 is 0. The van der Waals surface area contributed by atoms with Gasteiger partial charge in [-0.15, -0.1) is 0 Å². The van der Waals surface area contributed by atoms with Gasteiger partial charge in [0.15, 0.2) is 0 Å². The van der Waals surface area contributed by atoms with Crippen LogP contribution in [0.4, 0.5) is 5.69 Å². The van der Waals surface area contributed by atoms with Gasteiger partial charge in [0.05, 0.1) is 0 Å². The molecule has 1 aromatic carbocycles. The maximum Gasteiger partial charge on any atom is 0.0452 e. The van der Waals surface area contributed by atoms with Crippen molar-refractivity contribution in [2.24, 2.45) is 5.92 Å². The lowest BCUT2D eigenvalue weighted by Crippen LogP contribution is -2.40. The number of hydrogen-bond acceptors (Lipinski definition) is 2. The second-order valence-corrected chi connectivity index (χ2v) is 4.83. The van der Waals surface area contributed by atoms with E-state index in [1.807, 2.05) is 0 Å². The zero-order valence-corrected chi connectivity index (χ0v) is 10.5. The van der Waals surface area contributed by atoms with E-state index in [0.29, 0.717) is 6.04 Å². The van der Waals surface area contributed by atoms with Crippen LogP contribution >= 0.6 is 0 Å². The molecule has 88 valence electrons. The number of anilines is 1. The number of likely N-dealkylation sites (N-methyl/N-ethyl adjacent to an activating group) is 1. The molecule has 0 bridgehead atoms. The van der Waals surface area contributed by atoms with Crippen molar-refractivity contribution in [1.29, 1.82) is 0 Å². The van der Waals surface area contributed by atoms with E-state index in [-0.39, 0.29) is 0 Å². The van der Waals surface area contributed by atoms with Gasteiger partial charge in [-0.3, -0.25) is 0 Å². The molecule has 1 saturated heterocycles. The molecule has 2 rings (SSSR count). The zero-order valence-electron chi connectivity index (χ0n) is 10.5. The highest BCUT2D eigenvalue weighted by molar-refractivity contribution is 5.49. The fourth-order valence-electron chi connectivity index (χ4n) is 2.63. The van der Waals surface area contributed by atoms with Crippen molar-refractivity contribution in [3.8, 4) is 0 Å². The molecule has 0 aliphatic carbocycles. The molecule has 16 heavy (non-hydrogen) atoms. The summed E-state index contributed by atoms with van der Waals surface area (Å²) in [6.07, 6.45) is 0. The highest BCUT2D eigenvalue weighted by Gasteiger charge is 2.28. The largest absolute Gasteiger partial charge is 0.367 e. The first kappa shape index (κ1) is 11.5. The Hall–Kier alpha value is -1.02. The van der Waals surface area contributed by atoms with Crippen molar-refractivity contribution in [3.05, 3.63) is 29.8 Å². The summed E-state index contributed by atoms with van der Waals surface area (Å²) in [5, 5.41) is 3.48. The SMILES string of the molecule is CCN(c1cccc(C)c1)C1CNCC1C. The Bertz CT molecular complexity index is 348. The summed E-state index contributed by atoms with van der Waals surface area (Å²) in [5.74, 6) is 0.737. The fraction of sp³-hybridized carbons (Fsp3) is 0.571. The predicted octanol–water partition coefficient (Wildman–Crippen LogP) is 2.43. The lowest BCUT2D eigenvalue weighted by molar-refractivity contribution is 0.522. The maximum atomic E-state index is 3.48. The molecule has 2 unspecified atom stereocenters. The third-order valence-corrected chi connectivity index (χ3v) is 3.55. The number of nitrogens with zero attached hydrogens (tertiary/aromatic N) is 1. The van der Waals surface area contributed by atoms with E-state index in [1.54, 1.807) is 0 Å². The minimum Gasteiger partial charge on any atom is -0.367 e. The van der Waals surface area contributed by atoms with Gasteiger partial charge in [0.25, 0.3) is 0 Å². The van der Waals surface area contributed by atoms with Gasteiger partial charge < -0.3 is 10.2 Å². The normalized spacial score (nSPS) is 24.7. The predicted molar refractivity (Wildman–Crippen MR) is 70.0 cm³/mol. The average Bonchev–Trinajstić information content (AvgIpc) is 2.67. The van der Waals surface area contributed by atoms with Crippen LogP contribution in [-0.4, -0.2) is 25.7 Å². The fourth-order valence-corrected chi connectivity index (χ4v) is 2.63. The van der Waals surface area contributed by atoms with Crippen molar-refractivity contribution in [3.63, 3.8) is 0 Å². The highest BCUT2D eigenvalue weighted by atomic mass is 15.2. The second-order valence-electron chi connectivity index (χ2n) is 4.83. The summed E-state index contributed by atoms with van der Waals surface area (Å²) in [7, 11) is 0. The molecule has 0 aromatic heterocycles. The molecule has 2 nitrogen and oxygen atoms in total. The topological polar surface area (TPSA) is 15.3 Å². The molecule has 1 aliphatic rings. The van der Waals surface area contributed by atoms with Crippen LogP contribution < -0.4 is 10.2 Å². The van der Waals surface area contributed by atoms with E-state index < -0.39 is 0 Å². The van der Waals surface area contributed by atoms with Crippen LogP contribution in [0, 0.1) is 12.8 Å². The highest BCUT2D eigenvalue weighted by Crippen LogP contribution is 2.23. The molecule has 0 saturated carbocycles. The van der Waals surface area contributed by atoms with Crippen molar-refractivity contribution in [1.82, 2.24) is 5.32 Å². The third kappa shape index (κ3) is 2.22. The van der Waals surface area contributed by atoms with Gasteiger partial charge in [-0.25, -0.2) is 0 Å². The first-order valence-corrected chi connectivity index (χ1v) is 6.26. The van der Waals surface area contributed by atoms with E-state index in [9.17, 15) is 0 Å². The van der Waals surface area contributed by atoms with E-state index >= 15 is 0 Å². The van der Waals surface area contributed by atoms with E-state index in [4.69, 9.17) is 0 Å². The molecule has 1 aromatic rings. The minimum atomic E-state index is 0.645. The van der Waals surface area contributed by atoms with Gasteiger partial charge in [0.2, 0.25) is 0 Å². The van der Waals surface area contributed by atoms with Gasteiger partial charge in [-0.05, 0) is 44.0 Å². The van der Waals surface area contributed by atoms with Crippen LogP contribution in [0.2, 0.25) is 0 Å². The smallest absolute Gasteiger partial charge is 0.0452 e. The zero-order chi connectivity index (χ0) is 11.5. The van der Waals surface area contributed by atoms with Crippen molar-refractivity contribution in [2.45, 2.75) is 26.8 Å². The van der Waals surface area contributed by atoms with Crippen LogP contribution in [0.25, 0.3) is 0 Å². The van der Waals surface area contributed by atoms with Gasteiger partial charge in [0.1, 0.15) is 0 Å². The van der Waals surface area contributed by atoms with E-state index in [2.05, 4.69) is 55.3 Å². The molecular weight excluding hydrogens is 196 g/mol. The van der Waals surface area contributed by atoms with Crippen LogP contribution in [-0.2, 0) is 0 Å². The Morgan fingerprint density at radius 3 is 2.75 bits per heavy atom. The number of nitrogens with one attached hydrogen (secondary N) is 1. The molecule has 1 heterocycles. The summed E-state index contributed by atoms with van der Waals surface area (Å²) in [4.78, 5) is 2.53. The van der Waals surface area contributed by atoms with Crippen molar-refractivity contribution in [2.75, 3.05) is 24.5 Å². The van der Waals surface area contributed by atoms with Gasteiger partial charge >= 0.3 is 0 Å². The average molecular weight is 218 g/mol. The summed E-state index contributed by atoms with van der Waals surface area (Å²) in [6, 6.07) is 9.47. The molecule has 0 spiro atoms. The quantitative estimate of drug-likeness (QED) is 0.838. The molecule has 0 amide bonds. The van der Waals surface area contributed by atoms with Crippen LogP contribution in [0.15, 0.2) is 24.3 Å². The number of hydrogen-bond donors (Lipinski definition) is 1. The first-order chi connectivity index (χ1) is 7.72. The Kier molecular flexibility index (Phi) is 3.49. The van der Waals surface area contributed by atoms with E-state index in [1.165, 1.54) is 11.3 Å². The number of aryl methyl sites for hydroxylation is 1. The summed E-state index contributed by atoms with van der Waals surface area (Å²) < 4.78 is 0. The monoisotopic (exact) mass is 218 g/mol. The maximum absolute atomic E-state index is 3.48. The second kappa shape index (κ2) is 4.88. The van der Waals surface area contributed by atoms with Gasteiger partial charge in [0, 0.05) is 24.8 Å². The van der Waals surface area contributed by atoms with E-state index in [0.717, 1.165) is 25.6 Å². The molecule has 0 radical (unpaired) electrons. The van der Waals surface area contributed by atoms with Crippen LogP contribution in [0.3, 0.4) is 0 Å². The minimum absolute atomic E-state index is 0.645. The number of benzene rings is 1. The van der Waals surface area contributed by atoms with Crippen molar-refractivity contribution >= 4 is 5.69 Å². The molecule has 2 atom stereocenters. The molecule has 1 aliphatic heterocycles. The Labute approximate surface area is 98.7 Å². The standard InChI is InChI=1S/C14H22N2/c1-4-16(14-10-15-9-12(14)3)13-7-5-6-11(2)8-13/h5-8,12,14-15H,4,9-10H2,1-3H3. The van der Waals surface area contributed by atoms with Gasteiger partial charge in [-0.1, -0.05) is 19.1 Å². The first-order valence-electron chi connectivity index (χ1n) is 6.26. The number of rotatable bonds is 3. The molecule has 1 fully saturated rings. The Morgan fingerprint density at radius 2 is 2.19 bits per heavy atom. The third-order valence-electron chi connectivity index (χ3n) is 3.55. The molecular formula is C14H22N2.